The third-order valence-electron chi connectivity index (χ3n) is 6.09. The summed E-state index contributed by atoms with van der Waals surface area (Å²) < 4.78 is 31.7. The normalized spacial score (nSPS) is 22.9. The van der Waals surface area contributed by atoms with Crippen molar-refractivity contribution >= 4 is 9.84 Å². The molecule has 1 atom stereocenters. The Morgan fingerprint density at radius 3 is 2.65 bits per heavy atom. The van der Waals surface area contributed by atoms with Crippen LogP contribution in [0.3, 0.4) is 0 Å². The maximum Gasteiger partial charge on any atom is 0.227 e. The van der Waals surface area contributed by atoms with Crippen LogP contribution < -0.4 is 0 Å². The number of hydrogen-bond donors (Lipinski definition) is 0. The number of imidazole rings is 1. The van der Waals surface area contributed by atoms with Gasteiger partial charge in [0.05, 0.1) is 24.3 Å². The lowest BCUT2D eigenvalue weighted by Gasteiger charge is -2.27. The largest absolute Gasteiger partial charge is 0.383 e. The van der Waals surface area contributed by atoms with Crippen molar-refractivity contribution in [2.45, 2.75) is 63.7 Å². The number of aromatic nitrogens is 2. The van der Waals surface area contributed by atoms with Crippen LogP contribution in [-0.2, 0) is 27.7 Å². The molecule has 1 aromatic heterocycles. The molecular weight excluding hydrogens is 350 g/mol. The Morgan fingerprint density at radius 1 is 1.19 bits per heavy atom. The Morgan fingerprint density at radius 2 is 1.96 bits per heavy atom. The van der Waals surface area contributed by atoms with Crippen LogP contribution in [0.15, 0.2) is 11.4 Å². The third kappa shape index (κ3) is 4.49. The van der Waals surface area contributed by atoms with E-state index in [0.717, 1.165) is 37.2 Å². The van der Waals surface area contributed by atoms with E-state index >= 15 is 0 Å². The molecule has 6 nitrogen and oxygen atoms in total. The van der Waals surface area contributed by atoms with E-state index in [1.807, 2.05) is 4.57 Å². The van der Waals surface area contributed by atoms with Gasteiger partial charge in [0.25, 0.3) is 0 Å². The number of likely N-dealkylation sites (tertiary alicyclic amines) is 1. The molecule has 2 heterocycles. The second-order valence-corrected chi connectivity index (χ2v) is 9.93. The summed E-state index contributed by atoms with van der Waals surface area (Å²) in [5, 5.41) is 0.190. The maximum atomic E-state index is 12.4. The Kier molecular flexibility index (Phi) is 6.75. The van der Waals surface area contributed by atoms with Gasteiger partial charge in [-0.3, -0.25) is 4.90 Å². The number of sulfone groups is 1. The molecule has 1 saturated carbocycles. The number of hydrogen-bond acceptors (Lipinski definition) is 5. The lowest BCUT2D eigenvalue weighted by Crippen LogP contribution is -2.26. The lowest BCUT2D eigenvalue weighted by molar-refractivity contribution is 0.181. The molecule has 2 fully saturated rings. The Labute approximate surface area is 157 Å². The standard InChI is InChI=1S/C19H33N3O3S/c1-3-26(23,24)19-20-13-18(22(19)11-12-25-2)15-21-10-9-17(14-21)16-7-5-4-6-8-16/h13,16-17H,3-12,14-15H2,1-2H3. The summed E-state index contributed by atoms with van der Waals surface area (Å²) >= 11 is 0. The SMILES string of the molecule is CCS(=O)(=O)c1ncc(CN2CCC(C3CCCCC3)C2)n1CCOC. The Balaban J connectivity index is 1.69. The molecule has 26 heavy (non-hydrogen) atoms. The van der Waals surface area contributed by atoms with Crippen LogP contribution >= 0.6 is 0 Å². The zero-order chi connectivity index (χ0) is 18.6. The molecule has 1 aliphatic heterocycles. The predicted molar refractivity (Wildman–Crippen MR) is 102 cm³/mol. The van der Waals surface area contributed by atoms with Crippen molar-refractivity contribution < 1.29 is 13.2 Å². The number of ether oxygens (including phenoxy) is 1. The van der Waals surface area contributed by atoms with Crippen LogP contribution in [-0.4, -0.2) is 55.4 Å². The first-order valence-corrected chi connectivity index (χ1v) is 11.7. The van der Waals surface area contributed by atoms with E-state index in [9.17, 15) is 8.42 Å². The quantitative estimate of drug-likeness (QED) is 0.691. The van der Waals surface area contributed by atoms with Crippen molar-refractivity contribution in [3.05, 3.63) is 11.9 Å². The predicted octanol–water partition coefficient (Wildman–Crippen LogP) is 2.73. The number of nitrogens with zero attached hydrogens (tertiary/aromatic N) is 3. The van der Waals surface area contributed by atoms with Gasteiger partial charge in [0, 0.05) is 26.7 Å². The van der Waals surface area contributed by atoms with Crippen molar-refractivity contribution in [3.63, 3.8) is 0 Å². The lowest BCUT2D eigenvalue weighted by atomic mass is 9.80. The Bertz CT molecular complexity index is 680. The van der Waals surface area contributed by atoms with Crippen LogP contribution in [0.25, 0.3) is 0 Å². The minimum atomic E-state index is -3.32. The minimum absolute atomic E-state index is 0.0733. The minimum Gasteiger partial charge on any atom is -0.383 e. The first-order valence-electron chi connectivity index (χ1n) is 10.0. The molecule has 1 unspecified atom stereocenters. The second kappa shape index (κ2) is 8.85. The molecule has 0 aromatic carbocycles. The fourth-order valence-electron chi connectivity index (χ4n) is 4.54. The van der Waals surface area contributed by atoms with Gasteiger partial charge in [0.2, 0.25) is 15.0 Å². The smallest absolute Gasteiger partial charge is 0.227 e. The van der Waals surface area contributed by atoms with Gasteiger partial charge < -0.3 is 9.30 Å². The summed E-state index contributed by atoms with van der Waals surface area (Å²) in [6, 6.07) is 0. The fraction of sp³-hybridized carbons (Fsp3) is 0.842. The molecule has 148 valence electrons. The zero-order valence-corrected chi connectivity index (χ0v) is 17.0. The van der Waals surface area contributed by atoms with Crippen LogP contribution in [0.1, 0.15) is 51.1 Å². The van der Waals surface area contributed by atoms with E-state index in [-0.39, 0.29) is 10.9 Å². The monoisotopic (exact) mass is 383 g/mol. The van der Waals surface area contributed by atoms with E-state index in [1.54, 1.807) is 20.2 Å². The van der Waals surface area contributed by atoms with Gasteiger partial charge in [-0.15, -0.1) is 0 Å². The van der Waals surface area contributed by atoms with Crippen LogP contribution in [0.5, 0.6) is 0 Å². The summed E-state index contributed by atoms with van der Waals surface area (Å²) in [5.41, 5.74) is 0.985. The van der Waals surface area contributed by atoms with Gasteiger partial charge in [0.1, 0.15) is 0 Å². The zero-order valence-electron chi connectivity index (χ0n) is 16.2. The highest BCUT2D eigenvalue weighted by molar-refractivity contribution is 7.91. The summed E-state index contributed by atoms with van der Waals surface area (Å²) in [6.45, 7) is 5.70. The van der Waals surface area contributed by atoms with Crippen molar-refractivity contribution in [1.29, 1.82) is 0 Å². The molecule has 0 bridgehead atoms. The number of methoxy groups -OCH3 is 1. The fourth-order valence-corrected chi connectivity index (χ4v) is 5.56. The highest BCUT2D eigenvalue weighted by Gasteiger charge is 2.31. The molecule has 0 amide bonds. The topological polar surface area (TPSA) is 64.4 Å². The summed E-state index contributed by atoms with van der Waals surface area (Å²) in [6.07, 6.45) is 9.99. The van der Waals surface area contributed by atoms with E-state index in [1.165, 1.54) is 38.5 Å². The van der Waals surface area contributed by atoms with E-state index < -0.39 is 9.84 Å². The van der Waals surface area contributed by atoms with Gasteiger partial charge >= 0.3 is 0 Å². The van der Waals surface area contributed by atoms with Gasteiger partial charge in [-0.1, -0.05) is 39.0 Å². The van der Waals surface area contributed by atoms with E-state index in [0.29, 0.717) is 13.2 Å². The van der Waals surface area contributed by atoms with E-state index in [2.05, 4.69) is 9.88 Å². The molecule has 0 N–H and O–H groups in total. The molecule has 2 aliphatic rings. The second-order valence-electron chi connectivity index (χ2n) is 7.76. The van der Waals surface area contributed by atoms with Gasteiger partial charge in [-0.2, -0.15) is 0 Å². The molecule has 1 saturated heterocycles. The third-order valence-corrected chi connectivity index (χ3v) is 7.73. The highest BCUT2D eigenvalue weighted by Crippen LogP contribution is 2.35. The van der Waals surface area contributed by atoms with Crippen molar-refractivity contribution in [3.8, 4) is 0 Å². The number of rotatable bonds is 8. The van der Waals surface area contributed by atoms with Crippen LogP contribution in [0.2, 0.25) is 0 Å². The molecule has 0 radical (unpaired) electrons. The maximum absolute atomic E-state index is 12.4. The molecule has 1 aliphatic carbocycles. The first-order chi connectivity index (χ1) is 12.5. The summed E-state index contributed by atoms with van der Waals surface area (Å²) in [7, 11) is -1.68. The van der Waals surface area contributed by atoms with Gasteiger partial charge in [-0.05, 0) is 24.8 Å². The Hall–Kier alpha value is -0.920. The summed E-state index contributed by atoms with van der Waals surface area (Å²) in [4.78, 5) is 6.73. The van der Waals surface area contributed by atoms with Crippen LogP contribution in [0, 0.1) is 11.8 Å². The van der Waals surface area contributed by atoms with Gasteiger partial charge in [0.15, 0.2) is 0 Å². The van der Waals surface area contributed by atoms with Crippen molar-refractivity contribution in [1.82, 2.24) is 14.5 Å². The summed E-state index contributed by atoms with van der Waals surface area (Å²) in [5.74, 6) is 1.77. The average molecular weight is 384 g/mol. The van der Waals surface area contributed by atoms with Crippen molar-refractivity contribution in [2.75, 3.05) is 32.6 Å². The van der Waals surface area contributed by atoms with Crippen molar-refractivity contribution in [2.24, 2.45) is 11.8 Å². The molecule has 1 aromatic rings. The molecular formula is C19H33N3O3S. The molecule has 3 rings (SSSR count). The van der Waals surface area contributed by atoms with E-state index in [4.69, 9.17) is 4.74 Å². The molecule has 7 heteroatoms. The first kappa shape index (κ1) is 19.8. The van der Waals surface area contributed by atoms with Gasteiger partial charge in [-0.25, -0.2) is 13.4 Å². The van der Waals surface area contributed by atoms with Crippen LogP contribution in [0.4, 0.5) is 0 Å². The molecule has 0 spiro atoms. The average Bonchev–Trinajstić information content (AvgIpc) is 3.28. The highest BCUT2D eigenvalue weighted by atomic mass is 32.2.